The number of benzene rings is 1. The molecule has 6 nitrogen and oxygen atoms in total. The average Bonchev–Trinajstić information content (AvgIpc) is 3.12. The Balaban J connectivity index is 2.01. The van der Waals surface area contributed by atoms with Gasteiger partial charge >= 0.3 is 0 Å². The van der Waals surface area contributed by atoms with Gasteiger partial charge in [0, 0.05) is 18.6 Å². The topological polar surface area (TPSA) is 71.7 Å². The minimum absolute atomic E-state index is 0.0475. The second-order valence-corrected chi connectivity index (χ2v) is 7.32. The number of guanidine groups is 1. The normalized spacial score (nSPS) is 12.3. The Morgan fingerprint density at radius 1 is 1.15 bits per heavy atom. The van der Waals surface area contributed by atoms with Gasteiger partial charge in [-0.2, -0.15) is 0 Å². The minimum Gasteiger partial charge on any atom is -0.443 e. The van der Waals surface area contributed by atoms with Gasteiger partial charge in [0.15, 0.2) is 5.96 Å². The van der Waals surface area contributed by atoms with Gasteiger partial charge < -0.3 is 19.8 Å². The smallest absolute Gasteiger partial charge is 0.213 e. The van der Waals surface area contributed by atoms with Gasteiger partial charge in [-0.3, -0.25) is 0 Å². The number of hydrogen-bond donors (Lipinski definition) is 2. The van der Waals surface area contributed by atoms with Crippen LogP contribution in [0.3, 0.4) is 0 Å². The quantitative estimate of drug-likeness (QED) is 0.545. The molecular formula is C21H32N4O2. The zero-order valence-corrected chi connectivity index (χ0v) is 17.1. The van der Waals surface area contributed by atoms with Gasteiger partial charge in [0.2, 0.25) is 5.89 Å². The van der Waals surface area contributed by atoms with E-state index in [1.807, 2.05) is 26.0 Å². The van der Waals surface area contributed by atoms with Crippen molar-refractivity contribution in [3.05, 3.63) is 53.2 Å². The zero-order valence-electron chi connectivity index (χ0n) is 17.1. The molecular weight excluding hydrogens is 340 g/mol. The van der Waals surface area contributed by atoms with Gasteiger partial charge in [0.25, 0.3) is 0 Å². The minimum atomic E-state index is -0.0475. The van der Waals surface area contributed by atoms with E-state index < -0.39 is 0 Å². The van der Waals surface area contributed by atoms with Crippen molar-refractivity contribution in [1.29, 1.82) is 0 Å². The second-order valence-electron chi connectivity index (χ2n) is 7.32. The lowest BCUT2D eigenvalue weighted by Gasteiger charge is -2.13. The van der Waals surface area contributed by atoms with Crippen molar-refractivity contribution in [2.75, 3.05) is 13.2 Å². The molecule has 27 heavy (non-hydrogen) atoms. The number of aliphatic imine (C=N–C) groups is 1. The van der Waals surface area contributed by atoms with E-state index in [0.29, 0.717) is 32.2 Å². The van der Waals surface area contributed by atoms with E-state index in [2.05, 4.69) is 48.5 Å². The third-order valence-corrected chi connectivity index (χ3v) is 4.03. The molecule has 2 N–H and O–H groups in total. The third-order valence-electron chi connectivity index (χ3n) is 4.03. The summed E-state index contributed by atoms with van der Waals surface area (Å²) >= 11 is 0. The zero-order chi connectivity index (χ0) is 19.7. The van der Waals surface area contributed by atoms with Crippen LogP contribution in [0.15, 0.2) is 39.9 Å². The summed E-state index contributed by atoms with van der Waals surface area (Å²) in [4.78, 5) is 9.04. The van der Waals surface area contributed by atoms with Crippen molar-refractivity contribution in [3.8, 4) is 0 Å². The lowest BCUT2D eigenvalue weighted by Crippen LogP contribution is -2.36. The van der Waals surface area contributed by atoms with Crippen LogP contribution in [0.2, 0.25) is 0 Å². The van der Waals surface area contributed by atoms with Crippen LogP contribution < -0.4 is 10.6 Å². The summed E-state index contributed by atoms with van der Waals surface area (Å²) in [6.07, 6.45) is 1.80. The highest BCUT2D eigenvalue weighted by atomic mass is 16.5. The molecule has 0 aliphatic heterocycles. The Labute approximate surface area is 162 Å². The molecule has 0 saturated carbocycles. The molecule has 0 unspecified atom stereocenters. The fourth-order valence-corrected chi connectivity index (χ4v) is 2.47. The predicted molar refractivity (Wildman–Crippen MR) is 109 cm³/mol. The molecule has 6 heteroatoms. The first kappa shape index (κ1) is 21.0. The van der Waals surface area contributed by atoms with Crippen molar-refractivity contribution in [3.63, 3.8) is 0 Å². The molecule has 0 spiro atoms. The Morgan fingerprint density at radius 2 is 1.89 bits per heavy atom. The van der Waals surface area contributed by atoms with Gasteiger partial charge in [0.05, 0.1) is 25.9 Å². The third kappa shape index (κ3) is 6.71. The molecule has 1 aromatic carbocycles. The number of hydrogen-bond acceptors (Lipinski definition) is 4. The van der Waals surface area contributed by atoms with Gasteiger partial charge in [-0.05, 0) is 25.0 Å². The molecule has 0 fully saturated rings. The first-order valence-electron chi connectivity index (χ1n) is 9.56. The standard InChI is InChI=1S/C21H32N4O2/c1-6-22-20(25-14-19-23-13-18(27-19)21(3,4)5)24-12-16-10-8-9-11-17(16)15-26-7-2/h8-11,13H,6-7,12,14-15H2,1-5H3,(H2,22,24,25). The fourth-order valence-electron chi connectivity index (χ4n) is 2.47. The Hall–Kier alpha value is -2.34. The molecule has 0 saturated heterocycles. The summed E-state index contributed by atoms with van der Waals surface area (Å²) in [5, 5.41) is 6.55. The molecule has 148 valence electrons. The Morgan fingerprint density at radius 3 is 2.52 bits per heavy atom. The van der Waals surface area contributed by atoms with Crippen molar-refractivity contribution in [2.24, 2.45) is 4.99 Å². The van der Waals surface area contributed by atoms with Gasteiger partial charge in [-0.15, -0.1) is 0 Å². The maximum absolute atomic E-state index is 5.83. The van der Waals surface area contributed by atoms with Crippen molar-refractivity contribution < 1.29 is 9.15 Å². The van der Waals surface area contributed by atoms with Crippen LogP contribution in [0, 0.1) is 0 Å². The van der Waals surface area contributed by atoms with Crippen LogP contribution in [0.1, 0.15) is 57.4 Å². The second kappa shape index (κ2) is 10.1. The Bertz CT molecular complexity index is 732. The molecule has 0 amide bonds. The highest BCUT2D eigenvalue weighted by molar-refractivity contribution is 5.79. The van der Waals surface area contributed by atoms with Crippen LogP contribution in [-0.2, 0) is 29.8 Å². The summed E-state index contributed by atoms with van der Waals surface area (Å²) in [6.45, 7) is 13.5. The van der Waals surface area contributed by atoms with Crippen molar-refractivity contribution >= 4 is 5.96 Å². The van der Waals surface area contributed by atoms with Crippen molar-refractivity contribution in [1.82, 2.24) is 15.6 Å². The number of aromatic nitrogens is 1. The maximum Gasteiger partial charge on any atom is 0.213 e. The first-order chi connectivity index (χ1) is 12.9. The molecule has 2 rings (SSSR count). The summed E-state index contributed by atoms with van der Waals surface area (Å²) in [5.74, 6) is 2.27. The van der Waals surface area contributed by atoms with Crippen LogP contribution in [0.4, 0.5) is 0 Å². The monoisotopic (exact) mass is 372 g/mol. The molecule has 0 bridgehead atoms. The lowest BCUT2D eigenvalue weighted by atomic mass is 9.94. The van der Waals surface area contributed by atoms with E-state index in [9.17, 15) is 0 Å². The van der Waals surface area contributed by atoms with E-state index in [1.165, 1.54) is 5.56 Å². The molecule has 0 atom stereocenters. The molecule has 0 radical (unpaired) electrons. The lowest BCUT2D eigenvalue weighted by molar-refractivity contribution is 0.133. The summed E-state index contributed by atoms with van der Waals surface area (Å²) < 4.78 is 11.4. The SMILES string of the molecule is CCNC(=NCc1ccccc1COCC)NCc1ncc(C(C)(C)C)o1. The van der Waals surface area contributed by atoms with E-state index in [0.717, 1.165) is 23.8 Å². The number of nitrogens with one attached hydrogen (secondary N) is 2. The van der Waals surface area contributed by atoms with Gasteiger partial charge in [0.1, 0.15) is 5.76 Å². The predicted octanol–water partition coefficient (Wildman–Crippen LogP) is 3.76. The number of rotatable bonds is 8. The maximum atomic E-state index is 5.83. The molecule has 0 aliphatic carbocycles. The average molecular weight is 373 g/mol. The summed E-state index contributed by atoms with van der Waals surface area (Å²) in [7, 11) is 0. The Kier molecular flexibility index (Phi) is 7.85. The van der Waals surface area contributed by atoms with E-state index >= 15 is 0 Å². The summed E-state index contributed by atoms with van der Waals surface area (Å²) in [6, 6.07) is 8.23. The highest BCUT2D eigenvalue weighted by Crippen LogP contribution is 2.22. The molecule has 0 aliphatic rings. The van der Waals surface area contributed by atoms with Crippen LogP contribution in [-0.4, -0.2) is 24.1 Å². The van der Waals surface area contributed by atoms with E-state index in [-0.39, 0.29) is 5.41 Å². The molecule has 2 aromatic rings. The number of nitrogens with zero attached hydrogens (tertiary/aromatic N) is 2. The van der Waals surface area contributed by atoms with E-state index in [1.54, 1.807) is 6.20 Å². The number of ether oxygens (including phenoxy) is 1. The van der Waals surface area contributed by atoms with Gasteiger partial charge in [-0.1, -0.05) is 45.0 Å². The summed E-state index contributed by atoms with van der Waals surface area (Å²) in [5.41, 5.74) is 2.28. The first-order valence-corrected chi connectivity index (χ1v) is 9.56. The van der Waals surface area contributed by atoms with Crippen molar-refractivity contribution in [2.45, 2.75) is 59.7 Å². The molecule has 1 aromatic heterocycles. The van der Waals surface area contributed by atoms with Gasteiger partial charge in [-0.25, -0.2) is 9.98 Å². The molecule has 1 heterocycles. The van der Waals surface area contributed by atoms with Crippen LogP contribution in [0.25, 0.3) is 0 Å². The largest absolute Gasteiger partial charge is 0.443 e. The fraction of sp³-hybridized carbons (Fsp3) is 0.524. The highest BCUT2D eigenvalue weighted by Gasteiger charge is 2.19. The van der Waals surface area contributed by atoms with E-state index in [4.69, 9.17) is 14.1 Å². The van der Waals surface area contributed by atoms with Crippen LogP contribution >= 0.6 is 0 Å². The number of oxazole rings is 1. The van der Waals surface area contributed by atoms with Crippen LogP contribution in [0.5, 0.6) is 0 Å².